The molecule has 4 rings (SSSR count). The van der Waals surface area contributed by atoms with Gasteiger partial charge in [-0.25, -0.2) is 0 Å². The average Bonchev–Trinajstić information content (AvgIpc) is 3.05. The molecular formula is C17H20N4OS. The maximum atomic E-state index is 5.33. The van der Waals surface area contributed by atoms with Gasteiger partial charge in [0.2, 0.25) is 5.16 Å². The first-order valence-electron chi connectivity index (χ1n) is 8.15. The first-order chi connectivity index (χ1) is 11.3. The van der Waals surface area contributed by atoms with Gasteiger partial charge in [0.1, 0.15) is 5.75 Å². The van der Waals surface area contributed by atoms with Crippen molar-refractivity contribution < 1.29 is 4.74 Å². The Morgan fingerprint density at radius 1 is 1.17 bits per heavy atom. The summed E-state index contributed by atoms with van der Waals surface area (Å²) in [6, 6.07) is 8.08. The molecule has 2 heterocycles. The maximum Gasteiger partial charge on any atom is 0.212 e. The van der Waals surface area contributed by atoms with E-state index in [2.05, 4.69) is 16.3 Å². The number of methoxy groups -OCH3 is 1. The van der Waals surface area contributed by atoms with Crippen LogP contribution in [0.4, 0.5) is 0 Å². The zero-order valence-electron chi connectivity index (χ0n) is 13.2. The summed E-state index contributed by atoms with van der Waals surface area (Å²) in [5, 5.41) is 14.6. The van der Waals surface area contributed by atoms with Gasteiger partial charge in [0, 0.05) is 17.2 Å². The Morgan fingerprint density at radius 2 is 2.04 bits per heavy atom. The van der Waals surface area contributed by atoms with Crippen LogP contribution >= 0.6 is 11.8 Å². The smallest absolute Gasteiger partial charge is 0.212 e. The van der Waals surface area contributed by atoms with E-state index in [0.717, 1.165) is 33.8 Å². The quantitative estimate of drug-likeness (QED) is 0.862. The summed E-state index contributed by atoms with van der Waals surface area (Å²) in [7, 11) is 1.69. The van der Waals surface area contributed by atoms with Crippen molar-refractivity contribution in [2.24, 2.45) is 5.10 Å². The van der Waals surface area contributed by atoms with Crippen LogP contribution in [0.15, 0.2) is 34.5 Å². The molecule has 5 nitrogen and oxygen atoms in total. The van der Waals surface area contributed by atoms with Gasteiger partial charge in [-0.15, -0.1) is 10.2 Å². The van der Waals surface area contributed by atoms with Gasteiger partial charge in [0.05, 0.1) is 12.8 Å². The summed E-state index contributed by atoms with van der Waals surface area (Å²) in [5.74, 6) is 3.21. The largest absolute Gasteiger partial charge is 0.497 e. The molecule has 2 aromatic rings. The molecule has 2 aliphatic rings. The lowest BCUT2D eigenvalue weighted by Crippen LogP contribution is -2.17. The third-order valence-electron chi connectivity index (χ3n) is 4.57. The Bertz CT molecular complexity index is 734. The van der Waals surface area contributed by atoms with Crippen LogP contribution in [0.1, 0.15) is 49.4 Å². The number of hydrogen-bond donors (Lipinski definition) is 0. The van der Waals surface area contributed by atoms with Crippen molar-refractivity contribution in [3.05, 3.63) is 35.7 Å². The zero-order valence-corrected chi connectivity index (χ0v) is 14.1. The molecule has 0 saturated heterocycles. The van der Waals surface area contributed by atoms with Crippen LogP contribution in [0.5, 0.6) is 5.75 Å². The number of hydrogen-bond acceptors (Lipinski definition) is 5. The number of nitrogens with zero attached hydrogens (tertiary/aromatic N) is 4. The molecule has 1 aliphatic carbocycles. The molecule has 1 saturated carbocycles. The van der Waals surface area contributed by atoms with Crippen molar-refractivity contribution in [1.82, 2.24) is 14.9 Å². The number of thioether (sulfide) groups is 1. The fourth-order valence-electron chi connectivity index (χ4n) is 3.30. The Labute approximate surface area is 140 Å². The number of benzene rings is 1. The molecule has 6 heteroatoms. The molecule has 0 amide bonds. The number of aromatic nitrogens is 3. The first-order valence-corrected chi connectivity index (χ1v) is 9.14. The highest BCUT2D eigenvalue weighted by Crippen LogP contribution is 2.34. The average molecular weight is 328 g/mol. The molecule has 0 bridgehead atoms. The van der Waals surface area contributed by atoms with Crippen LogP contribution in [-0.2, 0) is 0 Å². The number of rotatable bonds is 3. The van der Waals surface area contributed by atoms with Crippen LogP contribution < -0.4 is 4.74 Å². The Kier molecular flexibility index (Phi) is 4.08. The Morgan fingerprint density at radius 3 is 2.87 bits per heavy atom. The molecule has 1 aromatic carbocycles. The van der Waals surface area contributed by atoms with Crippen molar-refractivity contribution in [2.75, 3.05) is 12.9 Å². The minimum atomic E-state index is 0.499. The molecule has 0 spiro atoms. The van der Waals surface area contributed by atoms with Crippen molar-refractivity contribution in [3.63, 3.8) is 0 Å². The number of fused-ring (bicyclic) bond motifs is 1. The molecular weight excluding hydrogens is 308 g/mol. The summed E-state index contributed by atoms with van der Waals surface area (Å²) in [5.41, 5.74) is 2.16. The van der Waals surface area contributed by atoms with Gasteiger partial charge in [-0.3, -0.25) is 0 Å². The van der Waals surface area contributed by atoms with Crippen LogP contribution in [0.25, 0.3) is 0 Å². The van der Waals surface area contributed by atoms with Gasteiger partial charge in [0.15, 0.2) is 5.82 Å². The van der Waals surface area contributed by atoms with Crippen molar-refractivity contribution >= 4 is 17.5 Å². The molecule has 0 radical (unpaired) electrons. The van der Waals surface area contributed by atoms with Crippen LogP contribution in [0, 0.1) is 0 Å². The molecule has 1 aromatic heterocycles. The second kappa shape index (κ2) is 6.35. The Hall–Kier alpha value is -1.82. The maximum absolute atomic E-state index is 5.33. The minimum absolute atomic E-state index is 0.499. The van der Waals surface area contributed by atoms with Gasteiger partial charge in [-0.2, -0.15) is 9.78 Å². The van der Waals surface area contributed by atoms with Gasteiger partial charge < -0.3 is 4.74 Å². The SMILES string of the molecule is COc1cccc(C2=Nn3c(nnc3C3CCCCC3)SC2)c1. The molecule has 0 unspecified atom stereocenters. The second-order valence-electron chi connectivity index (χ2n) is 6.05. The van der Waals surface area contributed by atoms with Crippen LogP contribution in [0.3, 0.4) is 0 Å². The van der Waals surface area contributed by atoms with E-state index in [0.29, 0.717) is 5.92 Å². The normalized spacial score (nSPS) is 18.4. The molecule has 23 heavy (non-hydrogen) atoms. The molecule has 0 atom stereocenters. The summed E-state index contributed by atoms with van der Waals surface area (Å²) in [6.07, 6.45) is 6.31. The highest BCUT2D eigenvalue weighted by atomic mass is 32.2. The second-order valence-corrected chi connectivity index (χ2v) is 7.00. The van der Waals surface area contributed by atoms with E-state index < -0.39 is 0 Å². The third-order valence-corrected chi connectivity index (χ3v) is 5.50. The van der Waals surface area contributed by atoms with E-state index in [1.165, 1.54) is 32.1 Å². The number of ether oxygens (including phenoxy) is 1. The van der Waals surface area contributed by atoms with E-state index in [4.69, 9.17) is 9.84 Å². The van der Waals surface area contributed by atoms with Gasteiger partial charge in [-0.1, -0.05) is 43.2 Å². The zero-order chi connectivity index (χ0) is 15.6. The van der Waals surface area contributed by atoms with Crippen molar-refractivity contribution in [1.29, 1.82) is 0 Å². The van der Waals surface area contributed by atoms with Gasteiger partial charge in [0.25, 0.3) is 0 Å². The summed E-state index contributed by atoms with van der Waals surface area (Å²) in [4.78, 5) is 0. The monoisotopic (exact) mass is 328 g/mol. The van der Waals surface area contributed by atoms with E-state index in [9.17, 15) is 0 Å². The lowest BCUT2D eigenvalue weighted by atomic mass is 9.89. The van der Waals surface area contributed by atoms with Crippen LogP contribution in [0.2, 0.25) is 0 Å². The summed E-state index contributed by atoms with van der Waals surface area (Å²) < 4.78 is 7.30. The van der Waals surface area contributed by atoms with E-state index in [1.807, 2.05) is 22.9 Å². The van der Waals surface area contributed by atoms with Gasteiger partial charge in [-0.05, 0) is 25.0 Å². The highest BCUT2D eigenvalue weighted by molar-refractivity contribution is 7.99. The molecule has 0 N–H and O–H groups in total. The fourth-order valence-corrected chi connectivity index (χ4v) is 4.15. The highest BCUT2D eigenvalue weighted by Gasteiger charge is 2.26. The predicted molar refractivity (Wildman–Crippen MR) is 91.5 cm³/mol. The Balaban J connectivity index is 1.69. The minimum Gasteiger partial charge on any atom is -0.497 e. The predicted octanol–water partition coefficient (Wildman–Crippen LogP) is 3.69. The first kappa shape index (κ1) is 14.8. The van der Waals surface area contributed by atoms with Gasteiger partial charge >= 0.3 is 0 Å². The lowest BCUT2D eigenvalue weighted by Gasteiger charge is -2.21. The van der Waals surface area contributed by atoms with E-state index >= 15 is 0 Å². The van der Waals surface area contributed by atoms with Crippen molar-refractivity contribution in [3.8, 4) is 5.75 Å². The third kappa shape index (κ3) is 2.87. The molecule has 1 fully saturated rings. The van der Waals surface area contributed by atoms with Crippen molar-refractivity contribution in [2.45, 2.75) is 43.2 Å². The molecule has 1 aliphatic heterocycles. The molecule has 120 valence electrons. The van der Waals surface area contributed by atoms with Crippen LogP contribution in [-0.4, -0.2) is 33.4 Å². The lowest BCUT2D eigenvalue weighted by molar-refractivity contribution is 0.414. The fraction of sp³-hybridized carbons (Fsp3) is 0.471. The van der Waals surface area contributed by atoms with E-state index in [1.54, 1.807) is 18.9 Å². The topological polar surface area (TPSA) is 52.3 Å². The summed E-state index contributed by atoms with van der Waals surface area (Å²) >= 11 is 1.71. The summed E-state index contributed by atoms with van der Waals surface area (Å²) in [6.45, 7) is 0. The van der Waals surface area contributed by atoms with E-state index in [-0.39, 0.29) is 0 Å². The standard InChI is InChI=1S/C17H20N4OS/c1-22-14-9-5-8-13(10-14)15-11-23-17-19-18-16(21(17)20-15)12-6-3-2-4-7-12/h5,8-10,12H,2-4,6-7,11H2,1H3.